The number of sulfonamides is 1. The minimum Gasteiger partial charge on any atom is -0.272 e. The van der Waals surface area contributed by atoms with Crippen molar-refractivity contribution in [3.05, 3.63) is 59.4 Å². The van der Waals surface area contributed by atoms with Gasteiger partial charge in [0.1, 0.15) is 0 Å². The molecule has 0 aliphatic rings. The number of aryl methyl sites for hydroxylation is 2. The van der Waals surface area contributed by atoms with Gasteiger partial charge in [0, 0.05) is 37.3 Å². The SMILES string of the molecule is CCc1c(CN(C)S(=O)(=O)c2cccc3ccccc23)c(C)nn1C. The molecule has 0 aliphatic carbocycles. The molecule has 0 unspecified atom stereocenters. The van der Waals surface area contributed by atoms with Crippen LogP contribution in [-0.2, 0) is 30.0 Å². The molecule has 0 spiro atoms. The molecule has 2 aromatic carbocycles. The largest absolute Gasteiger partial charge is 0.272 e. The Morgan fingerprint density at radius 3 is 2.52 bits per heavy atom. The van der Waals surface area contributed by atoms with Crippen LogP contribution in [0.15, 0.2) is 47.4 Å². The quantitative estimate of drug-likeness (QED) is 0.704. The van der Waals surface area contributed by atoms with Crippen LogP contribution in [0.1, 0.15) is 23.9 Å². The first-order valence-electron chi connectivity index (χ1n) is 8.31. The van der Waals surface area contributed by atoms with E-state index in [0.29, 0.717) is 11.4 Å². The monoisotopic (exact) mass is 357 g/mol. The Morgan fingerprint density at radius 1 is 1.12 bits per heavy atom. The average molecular weight is 357 g/mol. The van der Waals surface area contributed by atoms with Crippen molar-refractivity contribution in [1.82, 2.24) is 14.1 Å². The Kier molecular flexibility index (Phi) is 4.67. The summed E-state index contributed by atoms with van der Waals surface area (Å²) in [5.41, 5.74) is 2.92. The molecule has 0 atom stereocenters. The molecule has 0 N–H and O–H groups in total. The number of rotatable bonds is 5. The topological polar surface area (TPSA) is 55.2 Å². The second-order valence-corrected chi connectivity index (χ2v) is 8.24. The van der Waals surface area contributed by atoms with Gasteiger partial charge in [0.25, 0.3) is 0 Å². The zero-order valence-corrected chi connectivity index (χ0v) is 15.8. The van der Waals surface area contributed by atoms with Crippen LogP contribution in [-0.4, -0.2) is 29.6 Å². The lowest BCUT2D eigenvalue weighted by molar-refractivity contribution is 0.465. The summed E-state index contributed by atoms with van der Waals surface area (Å²) in [6.45, 7) is 4.29. The molecule has 0 saturated heterocycles. The van der Waals surface area contributed by atoms with E-state index in [1.54, 1.807) is 19.2 Å². The Hall–Kier alpha value is -2.18. The lowest BCUT2D eigenvalue weighted by Gasteiger charge is -2.19. The molecule has 3 aromatic rings. The van der Waals surface area contributed by atoms with E-state index in [0.717, 1.165) is 34.1 Å². The third-order valence-electron chi connectivity index (χ3n) is 4.63. The Morgan fingerprint density at radius 2 is 1.80 bits per heavy atom. The number of aromatic nitrogens is 2. The van der Waals surface area contributed by atoms with Crippen LogP contribution in [0.3, 0.4) is 0 Å². The first-order valence-corrected chi connectivity index (χ1v) is 9.75. The van der Waals surface area contributed by atoms with E-state index in [4.69, 9.17) is 0 Å². The minimum absolute atomic E-state index is 0.314. The molecular formula is C19H23N3O2S. The predicted molar refractivity (Wildman–Crippen MR) is 99.9 cm³/mol. The maximum Gasteiger partial charge on any atom is 0.243 e. The fourth-order valence-electron chi connectivity index (χ4n) is 3.29. The zero-order chi connectivity index (χ0) is 18.2. The fraction of sp³-hybridized carbons (Fsp3) is 0.316. The third-order valence-corrected chi connectivity index (χ3v) is 6.49. The van der Waals surface area contributed by atoms with Gasteiger partial charge >= 0.3 is 0 Å². The molecule has 0 radical (unpaired) electrons. The van der Waals surface area contributed by atoms with Gasteiger partial charge in [0.2, 0.25) is 10.0 Å². The van der Waals surface area contributed by atoms with Gasteiger partial charge in [-0.3, -0.25) is 4.68 Å². The van der Waals surface area contributed by atoms with E-state index >= 15 is 0 Å². The minimum atomic E-state index is -3.60. The second kappa shape index (κ2) is 6.61. The van der Waals surface area contributed by atoms with Crippen molar-refractivity contribution in [3.63, 3.8) is 0 Å². The highest BCUT2D eigenvalue weighted by molar-refractivity contribution is 7.89. The van der Waals surface area contributed by atoms with E-state index < -0.39 is 10.0 Å². The predicted octanol–water partition coefficient (Wildman–Crippen LogP) is 3.26. The van der Waals surface area contributed by atoms with E-state index in [-0.39, 0.29) is 0 Å². The fourth-order valence-corrected chi connectivity index (χ4v) is 4.64. The highest BCUT2D eigenvalue weighted by Gasteiger charge is 2.25. The van der Waals surface area contributed by atoms with Gasteiger partial charge in [-0.05, 0) is 24.8 Å². The standard InChI is InChI=1S/C19H23N3O2S/c1-5-18-17(14(2)20-22(18)4)13-21(3)25(23,24)19-12-8-10-15-9-6-7-11-16(15)19/h6-12H,5,13H2,1-4H3. The van der Waals surface area contributed by atoms with Crippen LogP contribution >= 0.6 is 0 Å². The average Bonchev–Trinajstić information content (AvgIpc) is 2.87. The molecular weight excluding hydrogens is 334 g/mol. The molecule has 1 aromatic heterocycles. The van der Waals surface area contributed by atoms with Crippen LogP contribution in [0.4, 0.5) is 0 Å². The van der Waals surface area contributed by atoms with Crippen molar-refractivity contribution in [2.45, 2.75) is 31.7 Å². The van der Waals surface area contributed by atoms with Crippen LogP contribution in [0.2, 0.25) is 0 Å². The second-order valence-electron chi connectivity index (χ2n) is 6.23. The van der Waals surface area contributed by atoms with Crippen LogP contribution < -0.4 is 0 Å². The van der Waals surface area contributed by atoms with Crippen LogP contribution in [0.5, 0.6) is 0 Å². The number of benzene rings is 2. The summed E-state index contributed by atoms with van der Waals surface area (Å²) in [5, 5.41) is 6.10. The van der Waals surface area contributed by atoms with Crippen molar-refractivity contribution in [1.29, 1.82) is 0 Å². The summed E-state index contributed by atoms with van der Waals surface area (Å²) in [4.78, 5) is 0.340. The van der Waals surface area contributed by atoms with Crippen molar-refractivity contribution < 1.29 is 8.42 Å². The maximum atomic E-state index is 13.2. The summed E-state index contributed by atoms with van der Waals surface area (Å²) in [7, 11) is -0.0746. The lowest BCUT2D eigenvalue weighted by Crippen LogP contribution is -2.27. The molecule has 25 heavy (non-hydrogen) atoms. The number of nitrogens with zero attached hydrogens (tertiary/aromatic N) is 3. The Bertz CT molecular complexity index is 1020. The highest BCUT2D eigenvalue weighted by atomic mass is 32.2. The summed E-state index contributed by atoms with van der Waals surface area (Å²) in [6, 6.07) is 12.9. The normalized spacial score (nSPS) is 12.2. The number of fused-ring (bicyclic) bond motifs is 1. The number of hydrogen-bond donors (Lipinski definition) is 0. The van der Waals surface area contributed by atoms with Gasteiger partial charge in [-0.2, -0.15) is 9.40 Å². The Labute approximate surface area is 148 Å². The summed E-state index contributed by atoms with van der Waals surface area (Å²) in [5.74, 6) is 0. The molecule has 0 aliphatic heterocycles. The molecule has 0 amide bonds. The van der Waals surface area contributed by atoms with Crippen molar-refractivity contribution in [3.8, 4) is 0 Å². The van der Waals surface area contributed by atoms with Gasteiger partial charge in [-0.15, -0.1) is 0 Å². The summed E-state index contributed by atoms with van der Waals surface area (Å²) < 4.78 is 29.6. The zero-order valence-electron chi connectivity index (χ0n) is 15.0. The van der Waals surface area contributed by atoms with E-state index in [1.807, 2.05) is 49.0 Å². The van der Waals surface area contributed by atoms with Gasteiger partial charge in [-0.1, -0.05) is 43.3 Å². The third kappa shape index (κ3) is 3.07. The molecule has 5 nitrogen and oxygen atoms in total. The first-order chi connectivity index (χ1) is 11.9. The van der Waals surface area contributed by atoms with Crippen LogP contribution in [0.25, 0.3) is 10.8 Å². The molecule has 0 saturated carbocycles. The van der Waals surface area contributed by atoms with Gasteiger partial charge in [-0.25, -0.2) is 8.42 Å². The smallest absolute Gasteiger partial charge is 0.243 e. The van der Waals surface area contributed by atoms with Crippen molar-refractivity contribution in [2.24, 2.45) is 7.05 Å². The molecule has 0 fully saturated rings. The van der Waals surface area contributed by atoms with Crippen molar-refractivity contribution in [2.75, 3.05) is 7.05 Å². The van der Waals surface area contributed by atoms with E-state index in [2.05, 4.69) is 12.0 Å². The van der Waals surface area contributed by atoms with Gasteiger partial charge < -0.3 is 0 Å². The maximum absolute atomic E-state index is 13.2. The van der Waals surface area contributed by atoms with Gasteiger partial charge in [0.05, 0.1) is 10.6 Å². The molecule has 3 rings (SSSR count). The summed E-state index contributed by atoms with van der Waals surface area (Å²) in [6.07, 6.45) is 0.814. The highest BCUT2D eigenvalue weighted by Crippen LogP contribution is 2.27. The molecule has 0 bridgehead atoms. The lowest BCUT2D eigenvalue weighted by atomic mass is 10.1. The van der Waals surface area contributed by atoms with Crippen LogP contribution in [0, 0.1) is 6.92 Å². The van der Waals surface area contributed by atoms with E-state index in [1.165, 1.54) is 4.31 Å². The number of hydrogen-bond acceptors (Lipinski definition) is 3. The van der Waals surface area contributed by atoms with Crippen molar-refractivity contribution >= 4 is 20.8 Å². The first kappa shape index (κ1) is 17.6. The van der Waals surface area contributed by atoms with Gasteiger partial charge in [0.15, 0.2) is 0 Å². The molecule has 6 heteroatoms. The Balaban J connectivity index is 2.03. The molecule has 1 heterocycles. The summed E-state index contributed by atoms with van der Waals surface area (Å²) >= 11 is 0. The molecule has 132 valence electrons. The van der Waals surface area contributed by atoms with E-state index in [9.17, 15) is 8.42 Å².